The van der Waals surface area contributed by atoms with Crippen LogP contribution in [0.2, 0.25) is 0 Å². The van der Waals surface area contributed by atoms with Crippen molar-refractivity contribution in [3.8, 4) is 0 Å². The number of nitrogens with one attached hydrogen (secondary N) is 2. The van der Waals surface area contributed by atoms with Crippen molar-refractivity contribution in [1.82, 2.24) is 20.8 Å². The third-order valence-electron chi connectivity index (χ3n) is 2.81. The van der Waals surface area contributed by atoms with E-state index in [2.05, 4.69) is 27.7 Å². The zero-order valence-corrected chi connectivity index (χ0v) is 10.4. The Kier molecular flexibility index (Phi) is 4.47. The fraction of sp³-hybridized carbons (Fsp3) is 0.818. The second-order valence-corrected chi connectivity index (χ2v) is 4.47. The van der Waals surface area contributed by atoms with E-state index in [1.807, 2.05) is 0 Å². The summed E-state index contributed by atoms with van der Waals surface area (Å²) in [5.74, 6) is 1.32. The van der Waals surface area contributed by atoms with Gasteiger partial charge in [-0.15, -0.1) is 0 Å². The van der Waals surface area contributed by atoms with Crippen LogP contribution in [0.15, 0.2) is 4.52 Å². The average Bonchev–Trinajstić information content (AvgIpc) is 2.74. The molecule has 1 saturated heterocycles. The number of hydrogen-bond acceptors (Lipinski definition) is 6. The van der Waals surface area contributed by atoms with Gasteiger partial charge in [-0.2, -0.15) is 4.98 Å². The second kappa shape index (κ2) is 6.09. The van der Waals surface area contributed by atoms with Crippen molar-refractivity contribution < 1.29 is 9.26 Å². The molecule has 0 spiro atoms. The van der Waals surface area contributed by atoms with E-state index in [-0.39, 0.29) is 0 Å². The molecule has 1 aliphatic rings. The van der Waals surface area contributed by atoms with E-state index in [0.717, 1.165) is 26.2 Å². The Morgan fingerprint density at radius 1 is 1.59 bits per heavy atom. The van der Waals surface area contributed by atoms with Gasteiger partial charge in [0.05, 0.1) is 19.8 Å². The molecule has 1 aliphatic heterocycles. The first-order chi connectivity index (χ1) is 8.24. The number of nitrogens with zero attached hydrogens (tertiary/aromatic N) is 2. The van der Waals surface area contributed by atoms with Crippen LogP contribution >= 0.6 is 0 Å². The lowest BCUT2D eigenvalue weighted by Crippen LogP contribution is -2.44. The monoisotopic (exact) mass is 240 g/mol. The third kappa shape index (κ3) is 4.07. The van der Waals surface area contributed by atoms with E-state index in [4.69, 9.17) is 9.26 Å². The minimum atomic E-state index is 0.396. The molecule has 6 nitrogen and oxygen atoms in total. The van der Waals surface area contributed by atoms with Crippen LogP contribution in [0.3, 0.4) is 0 Å². The number of aryl methyl sites for hydroxylation is 1. The van der Waals surface area contributed by atoms with Gasteiger partial charge in [0.15, 0.2) is 5.82 Å². The molecule has 2 rings (SSSR count). The van der Waals surface area contributed by atoms with Crippen molar-refractivity contribution in [2.75, 3.05) is 19.8 Å². The average molecular weight is 240 g/mol. The molecule has 1 aromatic rings. The first-order valence-electron chi connectivity index (χ1n) is 6.07. The zero-order chi connectivity index (χ0) is 12.1. The van der Waals surface area contributed by atoms with Crippen LogP contribution in [-0.4, -0.2) is 42.0 Å². The fourth-order valence-corrected chi connectivity index (χ4v) is 1.96. The molecular formula is C11H20N4O2. The van der Waals surface area contributed by atoms with E-state index in [1.165, 1.54) is 0 Å². The summed E-state index contributed by atoms with van der Waals surface area (Å²) >= 11 is 0. The molecule has 1 aromatic heterocycles. The molecule has 0 amide bonds. The molecule has 96 valence electrons. The van der Waals surface area contributed by atoms with Crippen molar-refractivity contribution in [1.29, 1.82) is 0 Å². The van der Waals surface area contributed by atoms with Gasteiger partial charge in [0.25, 0.3) is 0 Å². The lowest BCUT2D eigenvalue weighted by Gasteiger charge is -2.26. The fourth-order valence-electron chi connectivity index (χ4n) is 1.96. The van der Waals surface area contributed by atoms with Gasteiger partial charge in [-0.3, -0.25) is 0 Å². The first kappa shape index (κ1) is 12.5. The summed E-state index contributed by atoms with van der Waals surface area (Å²) in [6.07, 6.45) is 1.04. The summed E-state index contributed by atoms with van der Waals surface area (Å²) in [6.45, 7) is 7.16. The van der Waals surface area contributed by atoms with Gasteiger partial charge in [-0.25, -0.2) is 0 Å². The quantitative estimate of drug-likeness (QED) is 0.768. The molecule has 2 atom stereocenters. The van der Waals surface area contributed by atoms with E-state index in [1.54, 1.807) is 6.92 Å². The minimum absolute atomic E-state index is 0.396. The summed E-state index contributed by atoms with van der Waals surface area (Å²) in [5.41, 5.74) is 0. The van der Waals surface area contributed by atoms with Crippen LogP contribution in [0, 0.1) is 6.92 Å². The number of aromatic nitrogens is 2. The lowest BCUT2D eigenvalue weighted by molar-refractivity contribution is 0.0711. The highest BCUT2D eigenvalue weighted by atomic mass is 16.5. The SMILES string of the molecule is Cc1nc(CNC(C)CC2COCCN2)no1. The van der Waals surface area contributed by atoms with E-state index >= 15 is 0 Å². The molecular weight excluding hydrogens is 220 g/mol. The molecule has 2 N–H and O–H groups in total. The van der Waals surface area contributed by atoms with Gasteiger partial charge in [-0.05, 0) is 13.3 Å². The van der Waals surface area contributed by atoms with Gasteiger partial charge in [0, 0.05) is 25.6 Å². The highest BCUT2D eigenvalue weighted by Crippen LogP contribution is 2.03. The van der Waals surface area contributed by atoms with Crippen LogP contribution in [0.25, 0.3) is 0 Å². The summed E-state index contributed by atoms with van der Waals surface area (Å²) in [4.78, 5) is 4.15. The number of hydrogen-bond donors (Lipinski definition) is 2. The predicted octanol–water partition coefficient (Wildman–Crippen LogP) is 0.235. The van der Waals surface area contributed by atoms with E-state index in [0.29, 0.717) is 30.3 Å². The van der Waals surface area contributed by atoms with E-state index in [9.17, 15) is 0 Å². The molecule has 0 saturated carbocycles. The smallest absolute Gasteiger partial charge is 0.223 e. The standard InChI is InChI=1S/C11H20N4O2/c1-8(5-10-7-16-4-3-12-10)13-6-11-14-9(2)17-15-11/h8,10,12-13H,3-7H2,1-2H3. The topological polar surface area (TPSA) is 72.2 Å². The first-order valence-corrected chi connectivity index (χ1v) is 6.07. The summed E-state index contributed by atoms with van der Waals surface area (Å²) in [5, 5.41) is 10.7. The minimum Gasteiger partial charge on any atom is -0.379 e. The Bertz CT molecular complexity index is 336. The molecule has 0 radical (unpaired) electrons. The maximum atomic E-state index is 5.42. The maximum absolute atomic E-state index is 5.42. The van der Waals surface area contributed by atoms with Gasteiger partial charge in [0.1, 0.15) is 0 Å². The molecule has 0 bridgehead atoms. The van der Waals surface area contributed by atoms with E-state index < -0.39 is 0 Å². The van der Waals surface area contributed by atoms with Crippen molar-refractivity contribution in [2.45, 2.75) is 38.9 Å². The Balaban J connectivity index is 1.68. The lowest BCUT2D eigenvalue weighted by atomic mass is 10.1. The predicted molar refractivity (Wildman–Crippen MR) is 62.6 cm³/mol. The largest absolute Gasteiger partial charge is 0.379 e. The Morgan fingerprint density at radius 2 is 2.47 bits per heavy atom. The van der Waals surface area contributed by atoms with Crippen molar-refractivity contribution in [2.24, 2.45) is 0 Å². The summed E-state index contributed by atoms with van der Waals surface area (Å²) in [6, 6.07) is 0.839. The van der Waals surface area contributed by atoms with Crippen molar-refractivity contribution >= 4 is 0 Å². The van der Waals surface area contributed by atoms with Gasteiger partial charge in [-0.1, -0.05) is 5.16 Å². The molecule has 2 heterocycles. The van der Waals surface area contributed by atoms with Crippen LogP contribution in [0.5, 0.6) is 0 Å². The number of morpholine rings is 1. The molecule has 1 fully saturated rings. The molecule has 2 unspecified atom stereocenters. The van der Waals surface area contributed by atoms with Crippen LogP contribution in [0.1, 0.15) is 25.1 Å². The second-order valence-electron chi connectivity index (χ2n) is 4.47. The van der Waals surface area contributed by atoms with Crippen LogP contribution in [0.4, 0.5) is 0 Å². The van der Waals surface area contributed by atoms with Gasteiger partial charge in [0.2, 0.25) is 5.89 Å². The number of ether oxygens (including phenoxy) is 1. The zero-order valence-electron chi connectivity index (χ0n) is 10.4. The normalized spacial score (nSPS) is 22.6. The Hall–Kier alpha value is -0.980. The molecule has 0 aromatic carbocycles. The Labute approximate surface area is 101 Å². The molecule has 17 heavy (non-hydrogen) atoms. The molecule has 0 aliphatic carbocycles. The van der Waals surface area contributed by atoms with Crippen LogP contribution < -0.4 is 10.6 Å². The summed E-state index contributed by atoms with van der Waals surface area (Å²) < 4.78 is 10.3. The maximum Gasteiger partial charge on any atom is 0.223 e. The van der Waals surface area contributed by atoms with Gasteiger partial charge < -0.3 is 19.9 Å². The Morgan fingerprint density at radius 3 is 3.12 bits per heavy atom. The van der Waals surface area contributed by atoms with Crippen molar-refractivity contribution in [3.63, 3.8) is 0 Å². The number of rotatable bonds is 5. The highest BCUT2D eigenvalue weighted by Gasteiger charge is 2.16. The molecule has 6 heteroatoms. The third-order valence-corrected chi connectivity index (χ3v) is 2.81. The summed E-state index contributed by atoms with van der Waals surface area (Å²) in [7, 11) is 0. The highest BCUT2D eigenvalue weighted by molar-refractivity contribution is 4.84. The van der Waals surface area contributed by atoms with Crippen molar-refractivity contribution in [3.05, 3.63) is 11.7 Å². The van der Waals surface area contributed by atoms with Gasteiger partial charge >= 0.3 is 0 Å². The van der Waals surface area contributed by atoms with Crippen LogP contribution in [-0.2, 0) is 11.3 Å².